The summed E-state index contributed by atoms with van der Waals surface area (Å²) in [5.74, 6) is 0. The first-order valence-electron chi connectivity index (χ1n) is 22.9. The van der Waals surface area contributed by atoms with Gasteiger partial charge in [0.1, 0.15) is 0 Å². The predicted octanol–water partition coefficient (Wildman–Crippen LogP) is 18.6. The Hall–Kier alpha value is -8.58. The van der Waals surface area contributed by atoms with Crippen LogP contribution in [-0.2, 0) is 0 Å². The van der Waals surface area contributed by atoms with E-state index in [0.717, 1.165) is 0 Å². The van der Waals surface area contributed by atoms with Crippen LogP contribution in [0.5, 0.6) is 0 Å². The molecule has 0 aliphatic carbocycles. The number of fused-ring (bicyclic) bond motifs is 6. The van der Waals surface area contributed by atoms with Crippen LogP contribution in [0.1, 0.15) is 0 Å². The van der Waals surface area contributed by atoms with Crippen molar-refractivity contribution in [2.75, 3.05) is 0 Å². The molecule has 0 atom stereocenters. The third-order valence-electron chi connectivity index (χ3n) is 13.8. The zero-order chi connectivity index (χ0) is 43.6. The molecule has 0 radical (unpaired) electrons. The molecule has 13 aromatic rings. The Morgan fingerprint density at radius 3 is 1.06 bits per heavy atom. The summed E-state index contributed by atoms with van der Waals surface area (Å²) in [6.45, 7) is 0. The molecular formula is C66H42. The van der Waals surface area contributed by atoms with Crippen LogP contribution in [-0.4, -0.2) is 0 Å². The minimum absolute atomic E-state index is 1.19. The lowest BCUT2D eigenvalue weighted by molar-refractivity contribution is 1.61. The summed E-state index contributed by atoms with van der Waals surface area (Å²) in [5, 5.41) is 14.8. The number of benzene rings is 13. The SMILES string of the molecule is c1cc(-c2ccc3ccccc3c2)cc(-c2c3ccccc3c(-c3cccc(-c4cccc5ccccc45)c3)c3c(-c4ccc5ccccc5c4)ccc(-c4ccc5ccccc5c4)c23)c1. The first-order chi connectivity index (χ1) is 32.7. The highest BCUT2D eigenvalue weighted by Gasteiger charge is 2.24. The molecule has 0 aromatic heterocycles. The Bertz CT molecular complexity index is 4050. The maximum Gasteiger partial charge on any atom is -0.000785 e. The average molecular weight is 835 g/mol. The second-order valence-electron chi connectivity index (χ2n) is 17.6. The normalized spacial score (nSPS) is 11.6. The van der Waals surface area contributed by atoms with Gasteiger partial charge in [-0.25, -0.2) is 0 Å². The Morgan fingerprint density at radius 2 is 0.515 bits per heavy atom. The van der Waals surface area contributed by atoms with E-state index >= 15 is 0 Å². The van der Waals surface area contributed by atoms with Gasteiger partial charge in [-0.05, 0) is 162 Å². The molecule has 0 aliphatic rings. The summed E-state index contributed by atoms with van der Waals surface area (Å²) in [7, 11) is 0. The summed E-state index contributed by atoms with van der Waals surface area (Å²) in [4.78, 5) is 0. The van der Waals surface area contributed by atoms with E-state index in [2.05, 4.69) is 255 Å². The molecule has 0 spiro atoms. The van der Waals surface area contributed by atoms with E-state index < -0.39 is 0 Å². The van der Waals surface area contributed by atoms with Gasteiger partial charge in [0.2, 0.25) is 0 Å². The summed E-state index contributed by atoms with van der Waals surface area (Å²) in [6.07, 6.45) is 0. The zero-order valence-corrected chi connectivity index (χ0v) is 36.2. The maximum absolute atomic E-state index is 2.43. The monoisotopic (exact) mass is 834 g/mol. The van der Waals surface area contributed by atoms with Crippen LogP contribution in [0.2, 0.25) is 0 Å². The highest BCUT2D eigenvalue weighted by molar-refractivity contribution is 6.28. The van der Waals surface area contributed by atoms with E-state index in [9.17, 15) is 0 Å². The highest BCUT2D eigenvalue weighted by atomic mass is 14.3. The van der Waals surface area contributed by atoms with Crippen molar-refractivity contribution in [3.8, 4) is 66.8 Å². The molecule has 13 aromatic carbocycles. The van der Waals surface area contributed by atoms with Crippen LogP contribution in [0, 0.1) is 0 Å². The van der Waals surface area contributed by atoms with Crippen LogP contribution >= 0.6 is 0 Å². The second-order valence-corrected chi connectivity index (χ2v) is 17.6. The van der Waals surface area contributed by atoms with Crippen LogP contribution in [0.4, 0.5) is 0 Å². The Balaban J connectivity index is 1.18. The molecule has 13 rings (SSSR count). The third-order valence-corrected chi connectivity index (χ3v) is 13.8. The van der Waals surface area contributed by atoms with E-state index in [1.54, 1.807) is 0 Å². The summed E-state index contributed by atoms with van der Waals surface area (Å²) < 4.78 is 0. The van der Waals surface area contributed by atoms with Gasteiger partial charge in [0.25, 0.3) is 0 Å². The summed E-state index contributed by atoms with van der Waals surface area (Å²) in [5.41, 5.74) is 14.5. The Kier molecular flexibility index (Phi) is 8.96. The van der Waals surface area contributed by atoms with Crippen molar-refractivity contribution in [3.05, 3.63) is 255 Å². The number of hydrogen-bond acceptors (Lipinski definition) is 0. The van der Waals surface area contributed by atoms with Gasteiger partial charge >= 0.3 is 0 Å². The molecule has 0 N–H and O–H groups in total. The topological polar surface area (TPSA) is 0 Å². The molecule has 0 saturated carbocycles. The summed E-state index contributed by atoms with van der Waals surface area (Å²) >= 11 is 0. The fourth-order valence-electron chi connectivity index (χ4n) is 10.6. The second kappa shape index (κ2) is 15.6. The number of rotatable bonds is 6. The first kappa shape index (κ1) is 37.9. The molecule has 0 unspecified atom stereocenters. The Labute approximate surface area is 384 Å². The van der Waals surface area contributed by atoms with E-state index in [4.69, 9.17) is 0 Å². The smallest absolute Gasteiger partial charge is 0.000785 e. The van der Waals surface area contributed by atoms with E-state index in [1.165, 1.54) is 131 Å². The molecule has 306 valence electrons. The van der Waals surface area contributed by atoms with Crippen LogP contribution in [0.15, 0.2) is 255 Å². The van der Waals surface area contributed by atoms with Crippen molar-refractivity contribution in [1.82, 2.24) is 0 Å². The van der Waals surface area contributed by atoms with Crippen LogP contribution in [0.3, 0.4) is 0 Å². The van der Waals surface area contributed by atoms with Gasteiger partial charge in [-0.1, -0.05) is 224 Å². The van der Waals surface area contributed by atoms with Crippen LogP contribution < -0.4 is 0 Å². The summed E-state index contributed by atoms with van der Waals surface area (Å²) in [6, 6.07) is 94.6. The van der Waals surface area contributed by atoms with Gasteiger partial charge in [-0.3, -0.25) is 0 Å². The largest absolute Gasteiger partial charge is 0.0616 e. The van der Waals surface area contributed by atoms with Crippen LogP contribution in [0.25, 0.3) is 131 Å². The molecule has 0 fully saturated rings. The fraction of sp³-hybridized carbons (Fsp3) is 0. The van der Waals surface area contributed by atoms with E-state index in [1.807, 2.05) is 0 Å². The van der Waals surface area contributed by atoms with Crippen molar-refractivity contribution in [2.45, 2.75) is 0 Å². The fourth-order valence-corrected chi connectivity index (χ4v) is 10.6. The first-order valence-corrected chi connectivity index (χ1v) is 22.9. The van der Waals surface area contributed by atoms with Gasteiger partial charge in [0.05, 0.1) is 0 Å². The maximum atomic E-state index is 2.43. The molecular weight excluding hydrogens is 793 g/mol. The van der Waals surface area contributed by atoms with Crippen molar-refractivity contribution >= 4 is 64.6 Å². The van der Waals surface area contributed by atoms with Crippen molar-refractivity contribution in [1.29, 1.82) is 0 Å². The van der Waals surface area contributed by atoms with E-state index in [-0.39, 0.29) is 0 Å². The minimum Gasteiger partial charge on any atom is -0.0616 e. The third kappa shape index (κ3) is 6.38. The van der Waals surface area contributed by atoms with Crippen molar-refractivity contribution in [2.24, 2.45) is 0 Å². The van der Waals surface area contributed by atoms with Gasteiger partial charge in [0.15, 0.2) is 0 Å². The van der Waals surface area contributed by atoms with Gasteiger partial charge in [0, 0.05) is 0 Å². The number of hydrogen-bond donors (Lipinski definition) is 0. The molecule has 0 amide bonds. The van der Waals surface area contributed by atoms with Gasteiger partial charge < -0.3 is 0 Å². The molecule has 0 aliphatic heterocycles. The van der Waals surface area contributed by atoms with E-state index in [0.29, 0.717) is 0 Å². The lowest BCUT2D eigenvalue weighted by Crippen LogP contribution is -1.96. The quantitative estimate of drug-likeness (QED) is 0.146. The lowest BCUT2D eigenvalue weighted by Gasteiger charge is -2.24. The average Bonchev–Trinajstić information content (AvgIpc) is 3.39. The zero-order valence-electron chi connectivity index (χ0n) is 36.2. The predicted molar refractivity (Wildman–Crippen MR) is 284 cm³/mol. The highest BCUT2D eigenvalue weighted by Crippen LogP contribution is 2.51. The standard InChI is InChI=1S/C66H42/c1-4-18-47-38-51(33-30-43(47)14-1)50-22-11-24-55(41-50)63-61-27-9-10-28-62(61)64(56-25-12-23-52(42-56)58-29-13-21-46-17-7-8-26-57(46)58)66-60(54-35-32-45-16-3-6-20-49(45)40-54)37-36-59(65(63)66)53-34-31-44-15-2-5-19-48(44)39-53/h1-42H. The minimum atomic E-state index is 1.19. The van der Waals surface area contributed by atoms with Gasteiger partial charge in [-0.2, -0.15) is 0 Å². The van der Waals surface area contributed by atoms with Crippen molar-refractivity contribution < 1.29 is 0 Å². The molecule has 0 bridgehead atoms. The lowest BCUT2D eigenvalue weighted by atomic mass is 9.79. The molecule has 0 heterocycles. The molecule has 0 heteroatoms. The molecule has 66 heavy (non-hydrogen) atoms. The molecule has 0 nitrogen and oxygen atoms in total. The van der Waals surface area contributed by atoms with Crippen molar-refractivity contribution in [3.63, 3.8) is 0 Å². The molecule has 0 saturated heterocycles. The van der Waals surface area contributed by atoms with Gasteiger partial charge in [-0.15, -0.1) is 0 Å². The Morgan fingerprint density at radius 1 is 0.167 bits per heavy atom.